The number of aryl methyl sites for hydroxylation is 3. The van der Waals surface area contributed by atoms with Gasteiger partial charge in [-0.2, -0.15) is 4.98 Å². The number of halogens is 1. The zero-order chi connectivity index (χ0) is 16.6. The highest BCUT2D eigenvalue weighted by Crippen LogP contribution is 2.34. The second-order valence-corrected chi connectivity index (χ2v) is 6.01. The van der Waals surface area contributed by atoms with Crippen molar-refractivity contribution in [2.24, 2.45) is 0 Å². The predicted molar refractivity (Wildman–Crippen MR) is 77.3 cm³/mol. The van der Waals surface area contributed by atoms with Crippen molar-refractivity contribution in [1.82, 2.24) is 20.2 Å². The fraction of sp³-hybridized carbons (Fsp3) is 0.600. The molecule has 1 fully saturated rings. The molecule has 2 aromatic heterocycles. The van der Waals surface area contributed by atoms with Crippen molar-refractivity contribution >= 4 is 5.91 Å². The number of rotatable bonds is 3. The van der Waals surface area contributed by atoms with E-state index in [0.717, 1.165) is 5.56 Å². The summed E-state index contributed by atoms with van der Waals surface area (Å²) in [6, 6.07) is 0. The van der Waals surface area contributed by atoms with Crippen molar-refractivity contribution in [3.8, 4) is 0 Å². The number of alkyl halides is 1. The zero-order valence-corrected chi connectivity index (χ0v) is 13.4. The largest absolute Gasteiger partial charge is 0.361 e. The number of carbonyl (C=O) groups excluding carboxylic acids is 1. The van der Waals surface area contributed by atoms with Gasteiger partial charge in [0, 0.05) is 12.1 Å². The summed E-state index contributed by atoms with van der Waals surface area (Å²) in [5.41, 5.74) is -0.334. The first-order chi connectivity index (χ1) is 10.9. The minimum atomic E-state index is -1.78. The number of aromatic nitrogens is 3. The second kappa shape index (κ2) is 5.75. The van der Waals surface area contributed by atoms with Gasteiger partial charge in [-0.1, -0.05) is 10.3 Å². The molecule has 1 saturated heterocycles. The molecule has 0 radical (unpaired) electrons. The van der Waals surface area contributed by atoms with Crippen molar-refractivity contribution in [2.45, 2.75) is 45.7 Å². The molecule has 7 nitrogen and oxygen atoms in total. The summed E-state index contributed by atoms with van der Waals surface area (Å²) in [5, 5.41) is 7.48. The van der Waals surface area contributed by atoms with E-state index < -0.39 is 5.67 Å². The molecule has 124 valence electrons. The van der Waals surface area contributed by atoms with Crippen molar-refractivity contribution in [1.29, 1.82) is 0 Å². The van der Waals surface area contributed by atoms with Gasteiger partial charge in [0.05, 0.1) is 18.7 Å². The van der Waals surface area contributed by atoms with Gasteiger partial charge in [0.15, 0.2) is 5.82 Å². The second-order valence-electron chi connectivity index (χ2n) is 6.01. The number of likely N-dealkylation sites (tertiary alicyclic amines) is 1. The smallest absolute Gasteiger partial charge is 0.266 e. The SMILES string of the molecule is Cc1noc(C2(F)CCCN(C(=O)Cc3c(C)noc3C)C2)n1. The molecule has 3 heterocycles. The Labute approximate surface area is 132 Å². The van der Waals surface area contributed by atoms with E-state index in [1.54, 1.807) is 20.8 Å². The summed E-state index contributed by atoms with van der Waals surface area (Å²) in [6.07, 6.45) is 0.967. The average molecular weight is 322 g/mol. The average Bonchev–Trinajstić information content (AvgIpc) is 3.08. The lowest BCUT2D eigenvalue weighted by atomic mass is 9.94. The predicted octanol–water partition coefficient (Wildman–Crippen LogP) is 2.01. The molecule has 0 aliphatic carbocycles. The first-order valence-electron chi connectivity index (χ1n) is 7.58. The van der Waals surface area contributed by atoms with Gasteiger partial charge in [0.1, 0.15) is 5.76 Å². The van der Waals surface area contributed by atoms with Crippen LogP contribution in [-0.4, -0.2) is 39.2 Å². The fourth-order valence-corrected chi connectivity index (χ4v) is 2.89. The van der Waals surface area contributed by atoms with Crippen molar-refractivity contribution in [3.63, 3.8) is 0 Å². The van der Waals surface area contributed by atoms with Crippen LogP contribution in [0.1, 0.15) is 41.6 Å². The molecular weight excluding hydrogens is 303 g/mol. The Morgan fingerprint density at radius 1 is 1.30 bits per heavy atom. The lowest BCUT2D eigenvalue weighted by Gasteiger charge is -2.35. The molecule has 1 aliphatic heterocycles. The van der Waals surface area contributed by atoms with Crippen LogP contribution >= 0.6 is 0 Å². The van der Waals surface area contributed by atoms with E-state index in [1.165, 1.54) is 4.90 Å². The molecular formula is C15H19FN4O3. The van der Waals surface area contributed by atoms with Crippen molar-refractivity contribution in [3.05, 3.63) is 28.7 Å². The van der Waals surface area contributed by atoms with Crippen LogP contribution < -0.4 is 0 Å². The highest BCUT2D eigenvalue weighted by atomic mass is 19.1. The number of hydrogen-bond donors (Lipinski definition) is 0. The first-order valence-corrected chi connectivity index (χ1v) is 7.58. The topological polar surface area (TPSA) is 85.3 Å². The van der Waals surface area contributed by atoms with E-state index in [1.807, 2.05) is 0 Å². The molecule has 1 atom stereocenters. The van der Waals surface area contributed by atoms with Gasteiger partial charge in [0.25, 0.3) is 5.89 Å². The Hall–Kier alpha value is -2.25. The minimum absolute atomic E-state index is 0.0511. The number of nitrogens with zero attached hydrogens (tertiary/aromatic N) is 4. The van der Waals surface area contributed by atoms with E-state index in [0.29, 0.717) is 30.2 Å². The van der Waals surface area contributed by atoms with Gasteiger partial charge in [-0.25, -0.2) is 4.39 Å². The molecule has 1 aliphatic rings. The van der Waals surface area contributed by atoms with E-state index in [2.05, 4.69) is 15.3 Å². The lowest BCUT2D eigenvalue weighted by molar-refractivity contribution is -0.135. The van der Waals surface area contributed by atoms with Gasteiger partial charge in [-0.15, -0.1) is 0 Å². The molecule has 2 aromatic rings. The molecule has 23 heavy (non-hydrogen) atoms. The molecule has 8 heteroatoms. The molecule has 1 unspecified atom stereocenters. The number of carbonyl (C=O) groups is 1. The van der Waals surface area contributed by atoms with Crippen LogP contribution in [0.3, 0.4) is 0 Å². The zero-order valence-electron chi connectivity index (χ0n) is 13.4. The van der Waals surface area contributed by atoms with Gasteiger partial charge in [-0.05, 0) is 33.6 Å². The van der Waals surface area contributed by atoms with Gasteiger partial charge in [-0.3, -0.25) is 4.79 Å². The summed E-state index contributed by atoms with van der Waals surface area (Å²) in [5.74, 6) is 0.797. The molecule has 0 saturated carbocycles. The first kappa shape index (κ1) is 15.6. The Kier molecular flexibility index (Phi) is 3.91. The minimum Gasteiger partial charge on any atom is -0.361 e. The van der Waals surface area contributed by atoms with E-state index >= 15 is 4.39 Å². The van der Waals surface area contributed by atoms with Crippen LogP contribution in [0.5, 0.6) is 0 Å². The highest BCUT2D eigenvalue weighted by Gasteiger charge is 2.43. The van der Waals surface area contributed by atoms with Crippen LogP contribution in [0, 0.1) is 20.8 Å². The normalized spacial score (nSPS) is 21.7. The quantitative estimate of drug-likeness (QED) is 0.859. The maximum atomic E-state index is 15.1. The molecule has 0 aromatic carbocycles. The molecule has 3 rings (SSSR count). The maximum Gasteiger partial charge on any atom is 0.266 e. The molecule has 0 bridgehead atoms. The Morgan fingerprint density at radius 3 is 2.70 bits per heavy atom. The Balaban J connectivity index is 1.74. The lowest BCUT2D eigenvalue weighted by Crippen LogP contribution is -2.47. The molecule has 1 amide bonds. The van der Waals surface area contributed by atoms with Crippen LogP contribution in [-0.2, 0) is 16.9 Å². The third-order valence-corrected chi connectivity index (χ3v) is 4.22. The van der Waals surface area contributed by atoms with Crippen LogP contribution in [0.15, 0.2) is 9.05 Å². The summed E-state index contributed by atoms with van der Waals surface area (Å²) < 4.78 is 25.2. The number of piperidine rings is 1. The van der Waals surface area contributed by atoms with Gasteiger partial charge in [0.2, 0.25) is 11.6 Å². The highest BCUT2D eigenvalue weighted by molar-refractivity contribution is 5.79. The van der Waals surface area contributed by atoms with E-state index in [-0.39, 0.29) is 31.2 Å². The summed E-state index contributed by atoms with van der Waals surface area (Å²) in [7, 11) is 0. The Bertz CT molecular complexity index is 707. The molecule has 0 N–H and O–H groups in total. The fourth-order valence-electron chi connectivity index (χ4n) is 2.89. The van der Waals surface area contributed by atoms with Crippen molar-refractivity contribution in [2.75, 3.05) is 13.1 Å². The third-order valence-electron chi connectivity index (χ3n) is 4.22. The monoisotopic (exact) mass is 322 g/mol. The number of amides is 1. The number of hydrogen-bond acceptors (Lipinski definition) is 6. The van der Waals surface area contributed by atoms with Crippen LogP contribution in [0.2, 0.25) is 0 Å². The van der Waals surface area contributed by atoms with Gasteiger partial charge >= 0.3 is 0 Å². The van der Waals surface area contributed by atoms with E-state index in [9.17, 15) is 4.79 Å². The Morgan fingerprint density at radius 2 is 2.09 bits per heavy atom. The van der Waals surface area contributed by atoms with Crippen molar-refractivity contribution < 1.29 is 18.2 Å². The molecule has 0 spiro atoms. The van der Waals surface area contributed by atoms with E-state index in [4.69, 9.17) is 9.05 Å². The van der Waals surface area contributed by atoms with Gasteiger partial charge < -0.3 is 13.9 Å². The standard InChI is InChI=1S/C15H19FN4O3/c1-9-12(10(2)22-18-9)7-13(21)20-6-4-5-15(16,8-20)14-17-11(3)19-23-14/h4-8H2,1-3H3. The summed E-state index contributed by atoms with van der Waals surface area (Å²) >= 11 is 0. The summed E-state index contributed by atoms with van der Waals surface area (Å²) in [6.45, 7) is 5.63. The third kappa shape index (κ3) is 2.97. The summed E-state index contributed by atoms with van der Waals surface area (Å²) in [4.78, 5) is 18.0. The van der Waals surface area contributed by atoms with Crippen LogP contribution in [0.25, 0.3) is 0 Å². The maximum absolute atomic E-state index is 15.1. The van der Waals surface area contributed by atoms with Crippen LogP contribution in [0.4, 0.5) is 4.39 Å².